The number of nitrogens with zero attached hydrogens (tertiary/aromatic N) is 5. The molecule has 6 nitrogen and oxygen atoms in total. The zero-order valence-electron chi connectivity index (χ0n) is 53.2. The Hall–Kier alpha value is -12.8. The van der Waals surface area contributed by atoms with Crippen LogP contribution in [-0.2, 0) is 0 Å². The molecule has 8 heteroatoms. The summed E-state index contributed by atoms with van der Waals surface area (Å²) in [7, 11) is 0. The summed E-state index contributed by atoms with van der Waals surface area (Å²) in [5.74, 6) is 0. The van der Waals surface area contributed by atoms with Gasteiger partial charge < -0.3 is 28.6 Å². The van der Waals surface area contributed by atoms with Crippen molar-refractivity contribution >= 4 is 158 Å². The first-order chi connectivity index (χ1) is 48.7. The molecular formula is C90H57B2N5O. The van der Waals surface area contributed by atoms with Crippen LogP contribution in [0.15, 0.2) is 350 Å². The molecule has 15 aromatic carbocycles. The average Bonchev–Trinajstić information content (AvgIpc) is 0.748. The first-order valence-corrected chi connectivity index (χ1v) is 33.9. The van der Waals surface area contributed by atoms with E-state index in [1.807, 2.05) is 0 Å². The number of anilines is 12. The number of aromatic nitrogens is 1. The van der Waals surface area contributed by atoms with Gasteiger partial charge in [0, 0.05) is 118 Å². The minimum atomic E-state index is -0.0595. The fourth-order valence-corrected chi connectivity index (χ4v) is 17.2. The quantitative estimate of drug-likeness (QED) is 0.142. The Morgan fingerprint density at radius 3 is 1.24 bits per heavy atom. The lowest BCUT2D eigenvalue weighted by Crippen LogP contribution is -2.61. The summed E-state index contributed by atoms with van der Waals surface area (Å²) in [5, 5.41) is 4.62. The standard InChI is InChI=1S/C90H57B2N5O/c1-4-28-60(29-5-1)93-78-49-15-12-44-73(78)91-75-46-22-40-69(88(75)95(62-32-8-3-9-33-62)82-53-24-51-80(93)85(82)91)68-39-20-38-67-65-36-10-14-48-77(65)96(87(67)68)63-34-18-26-58(56-63)59-27-19-35-64(57-59)97-83-54-25-52-81-86(83)92(74-45-13-16-50-79(74)94(81)61-30-6-2-7-31-61)76-47-23-41-70(89(76)97)72-43-21-42-71-66-37-11-17-55-84(66)98-90(71)72/h1-57H. The van der Waals surface area contributed by atoms with E-state index in [1.165, 1.54) is 83.2 Å². The third-order valence-corrected chi connectivity index (χ3v) is 21.1. The van der Waals surface area contributed by atoms with E-state index < -0.39 is 0 Å². The molecule has 0 bridgehead atoms. The van der Waals surface area contributed by atoms with E-state index in [0.29, 0.717) is 0 Å². The van der Waals surface area contributed by atoms with Crippen LogP contribution in [0, 0.1) is 0 Å². The number of rotatable bonds is 8. The molecule has 0 N–H and O–H groups in total. The molecular weight excluding hydrogens is 1190 g/mol. The van der Waals surface area contributed by atoms with Crippen molar-refractivity contribution in [1.29, 1.82) is 0 Å². The highest BCUT2D eigenvalue weighted by Gasteiger charge is 2.46. The van der Waals surface area contributed by atoms with Crippen molar-refractivity contribution < 1.29 is 4.42 Å². The van der Waals surface area contributed by atoms with E-state index in [9.17, 15) is 0 Å². The second kappa shape index (κ2) is 21.4. The van der Waals surface area contributed by atoms with E-state index in [2.05, 4.69) is 370 Å². The zero-order chi connectivity index (χ0) is 64.1. The van der Waals surface area contributed by atoms with Crippen LogP contribution < -0.4 is 52.4 Å². The van der Waals surface area contributed by atoms with Crippen molar-refractivity contribution in [1.82, 2.24) is 4.57 Å². The maximum atomic E-state index is 6.92. The second-order valence-electron chi connectivity index (χ2n) is 26.2. The Morgan fingerprint density at radius 1 is 0.245 bits per heavy atom. The Bertz CT molecular complexity index is 6140. The van der Waals surface area contributed by atoms with Gasteiger partial charge in [0.1, 0.15) is 11.2 Å². The van der Waals surface area contributed by atoms with E-state index in [4.69, 9.17) is 4.42 Å². The number of furan rings is 1. The lowest BCUT2D eigenvalue weighted by atomic mass is 9.33. The van der Waals surface area contributed by atoms with Crippen LogP contribution in [-0.4, -0.2) is 18.0 Å². The van der Waals surface area contributed by atoms with Gasteiger partial charge in [-0.15, -0.1) is 0 Å². The van der Waals surface area contributed by atoms with Crippen LogP contribution in [0.5, 0.6) is 0 Å². The van der Waals surface area contributed by atoms with Gasteiger partial charge in [-0.25, -0.2) is 0 Å². The van der Waals surface area contributed by atoms with E-state index in [-0.39, 0.29) is 13.4 Å². The Morgan fingerprint density at radius 2 is 0.633 bits per heavy atom. The van der Waals surface area contributed by atoms with Gasteiger partial charge in [-0.2, -0.15) is 0 Å². The minimum absolute atomic E-state index is 0.0323. The van der Waals surface area contributed by atoms with E-state index in [1.54, 1.807) is 0 Å². The summed E-state index contributed by atoms with van der Waals surface area (Å²) in [5.41, 5.74) is 33.3. The largest absolute Gasteiger partial charge is 0.455 e. The molecule has 4 aliphatic heterocycles. The lowest BCUT2D eigenvalue weighted by Gasteiger charge is -2.44. The maximum Gasteiger partial charge on any atom is 0.252 e. The van der Waals surface area contributed by atoms with Gasteiger partial charge >= 0.3 is 0 Å². The summed E-state index contributed by atoms with van der Waals surface area (Å²) < 4.78 is 9.45. The molecule has 98 heavy (non-hydrogen) atoms. The third kappa shape index (κ3) is 7.88. The van der Waals surface area contributed by atoms with Crippen LogP contribution in [0.3, 0.4) is 0 Å². The monoisotopic (exact) mass is 1250 g/mol. The van der Waals surface area contributed by atoms with Crippen LogP contribution in [0.1, 0.15) is 0 Å². The summed E-state index contributed by atoms with van der Waals surface area (Å²) in [6.07, 6.45) is 0. The van der Waals surface area contributed by atoms with Crippen LogP contribution in [0.2, 0.25) is 0 Å². The normalized spacial score (nSPS) is 13.2. The first kappa shape index (κ1) is 54.6. The number of fused-ring (bicyclic) bond motifs is 14. The number of para-hydroxylation sites is 11. The molecule has 0 atom stereocenters. The van der Waals surface area contributed by atoms with Crippen LogP contribution in [0.25, 0.3) is 82.8 Å². The molecule has 454 valence electrons. The molecule has 0 aliphatic carbocycles. The van der Waals surface area contributed by atoms with Gasteiger partial charge in [-0.3, -0.25) is 0 Å². The second-order valence-corrected chi connectivity index (χ2v) is 26.2. The molecule has 0 fully saturated rings. The van der Waals surface area contributed by atoms with Gasteiger partial charge in [0.05, 0.1) is 11.0 Å². The van der Waals surface area contributed by atoms with Crippen molar-refractivity contribution in [2.45, 2.75) is 0 Å². The van der Waals surface area contributed by atoms with Crippen LogP contribution >= 0.6 is 0 Å². The molecule has 2 aromatic heterocycles. The lowest BCUT2D eigenvalue weighted by molar-refractivity contribution is 0.670. The average molecular weight is 1250 g/mol. The molecule has 4 aliphatic rings. The molecule has 6 heterocycles. The van der Waals surface area contributed by atoms with Crippen molar-refractivity contribution in [3.05, 3.63) is 346 Å². The minimum Gasteiger partial charge on any atom is -0.455 e. The molecule has 0 unspecified atom stereocenters. The summed E-state index contributed by atoms with van der Waals surface area (Å²) >= 11 is 0. The molecule has 0 saturated carbocycles. The molecule has 0 amide bonds. The van der Waals surface area contributed by atoms with Gasteiger partial charge in [0.25, 0.3) is 13.4 Å². The topological polar surface area (TPSA) is 31.0 Å². The fraction of sp³-hybridized carbons (Fsp3) is 0. The maximum absolute atomic E-state index is 6.92. The van der Waals surface area contributed by atoms with Gasteiger partial charge in [0.15, 0.2) is 0 Å². The molecule has 17 aromatic rings. The predicted molar refractivity (Wildman–Crippen MR) is 412 cm³/mol. The molecule has 21 rings (SSSR count). The predicted octanol–water partition coefficient (Wildman–Crippen LogP) is 19.8. The third-order valence-electron chi connectivity index (χ3n) is 21.1. The highest BCUT2D eigenvalue weighted by atomic mass is 16.3. The SMILES string of the molecule is c1ccc(N2c3ccccc3B3c4cccc(-c5cccc6c5oc5ccccc56)c4N(c4cccc(-c5cccc(-n6c7ccccc7c7cccc(-c8cccc9c8N(c8ccccc8)c8cccc%10c8B9c8ccccc8N%10c8ccccc8)c76)c5)c4)c4cccc2c43)cc1. The molecule has 0 saturated heterocycles. The van der Waals surface area contributed by atoms with Gasteiger partial charge in [-0.05, 0) is 153 Å². The molecule has 0 spiro atoms. The van der Waals surface area contributed by atoms with Crippen molar-refractivity contribution in [3.8, 4) is 39.1 Å². The van der Waals surface area contributed by atoms with Crippen molar-refractivity contribution in [2.75, 3.05) is 19.6 Å². The van der Waals surface area contributed by atoms with Gasteiger partial charge in [0.2, 0.25) is 0 Å². The summed E-state index contributed by atoms with van der Waals surface area (Å²) in [6, 6.07) is 128. The Balaban J connectivity index is 0.756. The van der Waals surface area contributed by atoms with E-state index >= 15 is 0 Å². The summed E-state index contributed by atoms with van der Waals surface area (Å²) in [6.45, 7) is -0.0918. The number of hydrogen-bond acceptors (Lipinski definition) is 5. The smallest absolute Gasteiger partial charge is 0.252 e. The fourth-order valence-electron chi connectivity index (χ4n) is 17.2. The first-order valence-electron chi connectivity index (χ1n) is 33.9. The number of benzene rings is 15. The number of hydrogen-bond donors (Lipinski definition) is 0. The summed E-state index contributed by atoms with van der Waals surface area (Å²) in [4.78, 5) is 10.0. The Kier molecular flexibility index (Phi) is 11.9. The zero-order valence-corrected chi connectivity index (χ0v) is 53.2. The Labute approximate surface area is 568 Å². The van der Waals surface area contributed by atoms with Crippen LogP contribution in [0.4, 0.5) is 68.2 Å². The van der Waals surface area contributed by atoms with Crippen molar-refractivity contribution in [3.63, 3.8) is 0 Å². The van der Waals surface area contributed by atoms with Crippen molar-refractivity contribution in [2.24, 2.45) is 0 Å². The van der Waals surface area contributed by atoms with Gasteiger partial charge in [-0.1, -0.05) is 237 Å². The highest BCUT2D eigenvalue weighted by molar-refractivity contribution is 7.01. The highest BCUT2D eigenvalue weighted by Crippen LogP contribution is 2.52. The van der Waals surface area contributed by atoms with E-state index in [0.717, 1.165) is 101 Å². The molecule has 0 radical (unpaired) electrons.